The second-order valence-corrected chi connectivity index (χ2v) is 13.8. The first kappa shape index (κ1) is 34.0. The average molecular weight is 695 g/mol. The third-order valence-corrected chi connectivity index (χ3v) is 9.18. The Balaban J connectivity index is 1.34. The summed E-state index contributed by atoms with van der Waals surface area (Å²) in [7, 11) is -5.03. The van der Waals surface area contributed by atoms with Crippen molar-refractivity contribution in [2.75, 3.05) is 18.8 Å². The van der Waals surface area contributed by atoms with Crippen LogP contribution in [0.25, 0.3) is 0 Å². The van der Waals surface area contributed by atoms with Crippen molar-refractivity contribution in [1.82, 2.24) is 26.0 Å². The lowest BCUT2D eigenvalue weighted by Crippen LogP contribution is -2.76. The van der Waals surface area contributed by atoms with E-state index in [9.17, 15) is 27.9 Å². The molecule has 2 amide bonds. The maximum absolute atomic E-state index is 13.4. The molecule has 47 heavy (non-hydrogen) atoms. The van der Waals surface area contributed by atoms with Gasteiger partial charge >= 0.3 is 16.4 Å². The Labute approximate surface area is 273 Å². The largest absolute Gasteiger partial charge is 0.485 e. The molecule has 0 bridgehead atoms. The van der Waals surface area contributed by atoms with Crippen LogP contribution in [-0.4, -0.2) is 99.9 Å². The molecule has 2 saturated heterocycles. The molecule has 3 aliphatic heterocycles. The number of aliphatic carboxylic acids is 1. The second-order valence-electron chi connectivity index (χ2n) is 11.9. The standard InChI is InChI=1S/C27H34N8O10S2/c1-26(2)20(23(37)35(26)45-47(40,41)42)33-22(36)19(16-12-46-25(29)32-16)34-44-27(3,24(38)39)18-7-5-13-10-14(4-6-17(13)43-18)21(28)31-15-8-9-30-11-15/h4,6,10,12,15,18,20,30H,5,7-9,11H2,1-3H3,(H2,28,31)(H2,29,32)(H,33,36)(H,38,39)(H,40,41,42)/b34-19-/t15-,18-,20-,27+/m1/s1. The Morgan fingerprint density at radius 3 is 2.66 bits per heavy atom. The summed E-state index contributed by atoms with van der Waals surface area (Å²) in [5, 5.41) is 33.2. The molecule has 2 fully saturated rings. The molecule has 3 aliphatic rings. The summed E-state index contributed by atoms with van der Waals surface area (Å²) in [6.07, 6.45) is 0.447. The second kappa shape index (κ2) is 12.7. The summed E-state index contributed by atoms with van der Waals surface area (Å²) in [4.78, 5) is 48.2. The minimum absolute atomic E-state index is 0.0593. The number of nitrogens with zero attached hydrogens (tertiary/aromatic N) is 3. The van der Waals surface area contributed by atoms with Gasteiger partial charge in [-0.3, -0.25) is 19.6 Å². The zero-order valence-electron chi connectivity index (χ0n) is 25.5. The van der Waals surface area contributed by atoms with Gasteiger partial charge in [0.15, 0.2) is 16.9 Å². The minimum atomic E-state index is -5.03. The molecule has 0 radical (unpaired) electrons. The van der Waals surface area contributed by atoms with Gasteiger partial charge in [-0.05, 0) is 70.3 Å². The zero-order valence-corrected chi connectivity index (χ0v) is 27.1. The van der Waals surface area contributed by atoms with Crippen molar-refractivity contribution in [1.29, 1.82) is 5.41 Å². The van der Waals surface area contributed by atoms with Crippen molar-refractivity contribution in [2.24, 2.45) is 5.16 Å². The molecule has 0 unspecified atom stereocenters. The number of carboxylic acids is 1. The molecule has 18 nitrogen and oxygen atoms in total. The smallest absolute Gasteiger partial charge is 0.418 e. The fraction of sp³-hybridized carbons (Fsp3) is 0.481. The summed E-state index contributed by atoms with van der Waals surface area (Å²) in [5.41, 5.74) is 3.04. The lowest BCUT2D eigenvalue weighted by Gasteiger charge is -2.50. The van der Waals surface area contributed by atoms with Crippen LogP contribution in [0.2, 0.25) is 0 Å². The first-order chi connectivity index (χ1) is 22.0. The number of amides is 2. The maximum Gasteiger partial charge on any atom is 0.418 e. The number of thiazole rings is 1. The van der Waals surface area contributed by atoms with E-state index in [1.165, 1.54) is 26.2 Å². The van der Waals surface area contributed by atoms with Gasteiger partial charge in [0.25, 0.3) is 17.4 Å². The van der Waals surface area contributed by atoms with Gasteiger partial charge in [0.1, 0.15) is 23.3 Å². The molecule has 8 N–H and O–H groups in total. The number of hydrogen-bond donors (Lipinski definition) is 7. The number of β-lactam (4-membered cyclic amide) rings is 1. The molecule has 1 aromatic heterocycles. The predicted octanol–water partition coefficient (Wildman–Crippen LogP) is -0.200. The number of carbonyl (C=O) groups is 3. The number of nitrogens with two attached hydrogens (primary N) is 1. The minimum Gasteiger partial charge on any atom is -0.485 e. The molecule has 254 valence electrons. The third kappa shape index (κ3) is 7.00. The first-order valence-electron chi connectivity index (χ1n) is 14.4. The van der Waals surface area contributed by atoms with Gasteiger partial charge in [0.05, 0.1) is 5.54 Å². The van der Waals surface area contributed by atoms with Gasteiger partial charge < -0.3 is 36.4 Å². The number of nitrogen functional groups attached to an aromatic ring is 1. The molecular weight excluding hydrogens is 660 g/mol. The van der Waals surface area contributed by atoms with E-state index >= 15 is 0 Å². The van der Waals surface area contributed by atoms with Gasteiger partial charge in [-0.15, -0.1) is 15.6 Å². The molecule has 4 atom stereocenters. The van der Waals surface area contributed by atoms with Gasteiger partial charge in [-0.2, -0.15) is 13.5 Å². The highest BCUT2D eigenvalue weighted by molar-refractivity contribution is 7.80. The highest BCUT2D eigenvalue weighted by Crippen LogP contribution is 2.35. The van der Waals surface area contributed by atoms with E-state index in [4.69, 9.17) is 25.3 Å². The third-order valence-electron chi connectivity index (χ3n) is 8.17. The fourth-order valence-corrected chi connectivity index (χ4v) is 6.40. The van der Waals surface area contributed by atoms with Gasteiger partial charge in [-0.25, -0.2) is 9.78 Å². The number of ether oxygens (including phenoxy) is 1. The average Bonchev–Trinajstić information content (AvgIpc) is 3.69. The number of fused-ring (bicyclic) bond motifs is 1. The molecule has 20 heteroatoms. The molecule has 4 heterocycles. The summed E-state index contributed by atoms with van der Waals surface area (Å²) < 4.78 is 41.7. The molecule has 2 aromatic rings. The number of aromatic nitrogens is 1. The highest BCUT2D eigenvalue weighted by Gasteiger charge is 2.58. The van der Waals surface area contributed by atoms with Crippen LogP contribution in [0, 0.1) is 5.41 Å². The summed E-state index contributed by atoms with van der Waals surface area (Å²) in [6, 6.07) is 4.01. The van der Waals surface area contributed by atoms with E-state index in [0.717, 1.165) is 36.4 Å². The lowest BCUT2D eigenvalue weighted by molar-refractivity contribution is -0.218. The van der Waals surface area contributed by atoms with Crippen LogP contribution in [0.4, 0.5) is 5.13 Å². The van der Waals surface area contributed by atoms with E-state index in [2.05, 4.69) is 30.4 Å². The molecule has 0 spiro atoms. The quantitative estimate of drug-likeness (QED) is 0.0528. The van der Waals surface area contributed by atoms with Crippen LogP contribution in [0.1, 0.15) is 50.4 Å². The Bertz CT molecular complexity index is 1740. The summed E-state index contributed by atoms with van der Waals surface area (Å²) in [5.74, 6) is -2.77. The number of oxime groups is 1. The van der Waals surface area contributed by atoms with Crippen molar-refractivity contribution in [3.8, 4) is 5.75 Å². The number of benzene rings is 1. The molecule has 0 aliphatic carbocycles. The molecule has 1 aromatic carbocycles. The fourth-order valence-electron chi connectivity index (χ4n) is 5.39. The molecule has 5 rings (SSSR count). The van der Waals surface area contributed by atoms with Crippen molar-refractivity contribution < 1.29 is 46.3 Å². The van der Waals surface area contributed by atoms with Crippen LogP contribution in [0.3, 0.4) is 0 Å². The number of aryl methyl sites for hydroxylation is 1. The number of anilines is 1. The number of nitrogens with one attached hydrogen (secondary N) is 4. The van der Waals surface area contributed by atoms with Crippen molar-refractivity contribution in [2.45, 2.75) is 69.4 Å². The Morgan fingerprint density at radius 1 is 1.32 bits per heavy atom. The number of carboxylic acid groups (broad SMARTS) is 1. The topological polar surface area (TPSA) is 268 Å². The van der Waals surface area contributed by atoms with Crippen LogP contribution in [-0.2, 0) is 40.3 Å². The van der Waals surface area contributed by atoms with E-state index in [1.54, 1.807) is 12.1 Å². The number of amidine groups is 1. The van der Waals surface area contributed by atoms with Crippen molar-refractivity contribution in [3.63, 3.8) is 0 Å². The van der Waals surface area contributed by atoms with Crippen LogP contribution in [0.5, 0.6) is 5.75 Å². The van der Waals surface area contributed by atoms with E-state index in [-0.39, 0.29) is 29.1 Å². The number of hydroxylamine groups is 2. The van der Waals surface area contributed by atoms with Crippen molar-refractivity contribution in [3.05, 3.63) is 40.4 Å². The van der Waals surface area contributed by atoms with E-state index < -0.39 is 57.2 Å². The van der Waals surface area contributed by atoms with Crippen molar-refractivity contribution >= 4 is 56.2 Å². The van der Waals surface area contributed by atoms with E-state index in [1.807, 2.05) is 6.07 Å². The van der Waals surface area contributed by atoms with Gasteiger partial charge in [-0.1, -0.05) is 5.16 Å². The van der Waals surface area contributed by atoms with E-state index in [0.29, 0.717) is 22.8 Å². The Kier molecular flexibility index (Phi) is 9.16. The number of carbonyl (C=O) groups excluding carboxylic acids is 2. The van der Waals surface area contributed by atoms with Crippen LogP contribution >= 0.6 is 11.3 Å². The number of hydrogen-bond acceptors (Lipinski definition) is 14. The van der Waals surface area contributed by atoms with Crippen LogP contribution < -0.4 is 26.4 Å². The van der Waals surface area contributed by atoms with Gasteiger partial charge in [0, 0.05) is 23.5 Å². The van der Waals surface area contributed by atoms with Gasteiger partial charge in [0.2, 0.25) is 0 Å². The molecule has 0 saturated carbocycles. The number of rotatable bonds is 11. The lowest BCUT2D eigenvalue weighted by atomic mass is 9.84. The monoisotopic (exact) mass is 694 g/mol. The Hall–Kier alpha value is -4.37. The SMILES string of the molecule is CC1(C)[C@H](NC(=O)/C(=N\O[C@](C)(C(=O)O)[C@H]2CCc3cc(C(=N)N[C@@H]4CCNC4)ccc3O2)c2csc(N)n2)C(=O)N1OS(=O)(=O)O. The van der Waals surface area contributed by atoms with Crippen LogP contribution in [0.15, 0.2) is 28.7 Å². The predicted molar refractivity (Wildman–Crippen MR) is 166 cm³/mol. The normalized spacial score (nSPS) is 23.5. The summed E-state index contributed by atoms with van der Waals surface area (Å²) in [6.45, 7) is 5.64. The molecular formula is C27H34N8O10S2. The Morgan fingerprint density at radius 2 is 2.06 bits per heavy atom. The first-order valence-corrected chi connectivity index (χ1v) is 16.6. The maximum atomic E-state index is 13.4. The zero-order chi connectivity index (χ0) is 34.3. The highest BCUT2D eigenvalue weighted by atomic mass is 32.3. The summed E-state index contributed by atoms with van der Waals surface area (Å²) >= 11 is 0.964.